The van der Waals surface area contributed by atoms with E-state index in [9.17, 15) is 0 Å². The molecule has 4 aromatic rings. The molecule has 3 aromatic carbocycles. The molecule has 0 aliphatic heterocycles. The molecule has 3 nitrogen and oxygen atoms in total. The summed E-state index contributed by atoms with van der Waals surface area (Å²) in [5.74, 6) is 1.68. The molecule has 0 radical (unpaired) electrons. The molecule has 0 saturated heterocycles. The number of benzene rings is 3. The van der Waals surface area contributed by atoms with E-state index in [-0.39, 0.29) is 0 Å². The third-order valence-corrected chi connectivity index (χ3v) is 5.04. The zero-order valence-electron chi connectivity index (χ0n) is 15.9. The number of ether oxygens (including phenoxy) is 1. The van der Waals surface area contributed by atoms with E-state index in [0.29, 0.717) is 6.61 Å². The van der Waals surface area contributed by atoms with Gasteiger partial charge in [0.15, 0.2) is 0 Å². The van der Waals surface area contributed by atoms with Crippen molar-refractivity contribution < 1.29 is 4.74 Å². The summed E-state index contributed by atoms with van der Waals surface area (Å²) in [7, 11) is 0. The number of nitrogens with zero attached hydrogens (tertiary/aromatic N) is 1. The number of aromatic amines is 1. The number of halogens is 1. The first kappa shape index (κ1) is 18.3. The average molecular weight is 389 g/mol. The van der Waals surface area contributed by atoms with E-state index in [0.717, 1.165) is 39.1 Å². The topological polar surface area (TPSA) is 37.9 Å². The second-order valence-electron chi connectivity index (χ2n) is 6.81. The SMILES string of the molecule is Cc1ccccc1COc1ccc(-c2nc(-c3ccc(Cl)cc3)c(C)[nH]2)cc1. The van der Waals surface area contributed by atoms with Crippen molar-refractivity contribution in [3.05, 3.63) is 94.6 Å². The van der Waals surface area contributed by atoms with Crippen LogP contribution in [0.25, 0.3) is 22.6 Å². The summed E-state index contributed by atoms with van der Waals surface area (Å²) in [5, 5.41) is 0.721. The number of aryl methyl sites for hydroxylation is 2. The van der Waals surface area contributed by atoms with Crippen LogP contribution >= 0.6 is 11.6 Å². The monoisotopic (exact) mass is 388 g/mol. The third-order valence-electron chi connectivity index (χ3n) is 4.79. The van der Waals surface area contributed by atoms with Crippen molar-refractivity contribution in [1.82, 2.24) is 9.97 Å². The molecule has 0 atom stereocenters. The van der Waals surface area contributed by atoms with Crippen LogP contribution in [-0.4, -0.2) is 9.97 Å². The number of hydrogen-bond acceptors (Lipinski definition) is 2. The molecule has 0 saturated carbocycles. The van der Waals surface area contributed by atoms with E-state index in [1.165, 1.54) is 11.1 Å². The van der Waals surface area contributed by atoms with Crippen molar-refractivity contribution in [3.8, 4) is 28.4 Å². The molecule has 0 spiro atoms. The summed E-state index contributed by atoms with van der Waals surface area (Å²) in [6.07, 6.45) is 0. The first-order valence-electron chi connectivity index (χ1n) is 9.20. The highest BCUT2D eigenvalue weighted by molar-refractivity contribution is 6.30. The lowest BCUT2D eigenvalue weighted by Crippen LogP contribution is -1.97. The summed E-state index contributed by atoms with van der Waals surface area (Å²) in [6.45, 7) is 4.69. The van der Waals surface area contributed by atoms with E-state index in [2.05, 4.69) is 24.0 Å². The molecule has 4 heteroatoms. The van der Waals surface area contributed by atoms with Gasteiger partial charge >= 0.3 is 0 Å². The molecule has 1 heterocycles. The second kappa shape index (κ2) is 7.91. The Labute approximate surface area is 170 Å². The molecule has 0 fully saturated rings. The maximum absolute atomic E-state index is 5.99. The van der Waals surface area contributed by atoms with E-state index in [4.69, 9.17) is 21.3 Å². The van der Waals surface area contributed by atoms with E-state index < -0.39 is 0 Å². The minimum absolute atomic E-state index is 0.562. The molecule has 140 valence electrons. The maximum atomic E-state index is 5.99. The highest BCUT2D eigenvalue weighted by atomic mass is 35.5. The molecular formula is C24H21ClN2O. The van der Waals surface area contributed by atoms with E-state index >= 15 is 0 Å². The van der Waals surface area contributed by atoms with Crippen molar-refractivity contribution in [2.75, 3.05) is 0 Å². The normalized spacial score (nSPS) is 10.8. The quantitative estimate of drug-likeness (QED) is 0.418. The number of nitrogens with one attached hydrogen (secondary N) is 1. The Morgan fingerprint density at radius 1 is 0.857 bits per heavy atom. The largest absolute Gasteiger partial charge is 0.489 e. The van der Waals surface area contributed by atoms with Gasteiger partial charge in [0, 0.05) is 21.8 Å². The highest BCUT2D eigenvalue weighted by Crippen LogP contribution is 2.27. The van der Waals surface area contributed by atoms with Crippen LogP contribution in [0, 0.1) is 13.8 Å². The summed E-state index contributed by atoms with van der Waals surface area (Å²) < 4.78 is 5.93. The Hall–Kier alpha value is -3.04. The van der Waals surface area contributed by atoms with Crippen LogP contribution in [0.15, 0.2) is 72.8 Å². The van der Waals surface area contributed by atoms with Crippen LogP contribution in [0.4, 0.5) is 0 Å². The van der Waals surface area contributed by atoms with Gasteiger partial charge < -0.3 is 9.72 Å². The minimum Gasteiger partial charge on any atom is -0.489 e. The van der Waals surface area contributed by atoms with E-state index in [1.54, 1.807) is 0 Å². The van der Waals surface area contributed by atoms with Crippen molar-refractivity contribution in [1.29, 1.82) is 0 Å². The lowest BCUT2D eigenvalue weighted by Gasteiger charge is -2.09. The molecule has 1 aromatic heterocycles. The smallest absolute Gasteiger partial charge is 0.138 e. The number of imidazole rings is 1. The fourth-order valence-electron chi connectivity index (χ4n) is 3.13. The van der Waals surface area contributed by atoms with Gasteiger partial charge in [-0.15, -0.1) is 0 Å². The Bertz CT molecular complexity index is 1080. The first-order valence-corrected chi connectivity index (χ1v) is 9.58. The molecule has 0 amide bonds. The predicted molar refractivity (Wildman–Crippen MR) is 115 cm³/mol. The fourth-order valence-corrected chi connectivity index (χ4v) is 3.25. The summed E-state index contributed by atoms with van der Waals surface area (Å²) in [5.41, 5.74) is 6.46. The molecule has 1 N–H and O–H groups in total. The predicted octanol–water partition coefficient (Wildman–Crippen LogP) is 6.59. The molecule has 4 rings (SSSR count). The van der Waals surface area contributed by atoms with Crippen LogP contribution in [0.5, 0.6) is 5.75 Å². The summed E-state index contributed by atoms with van der Waals surface area (Å²) in [6, 6.07) is 24.0. The van der Waals surface area contributed by atoms with Crippen molar-refractivity contribution in [2.24, 2.45) is 0 Å². The van der Waals surface area contributed by atoms with Gasteiger partial charge in [-0.2, -0.15) is 0 Å². The van der Waals surface area contributed by atoms with Gasteiger partial charge in [0.25, 0.3) is 0 Å². The summed E-state index contributed by atoms with van der Waals surface area (Å²) in [4.78, 5) is 8.15. The molecule has 0 bridgehead atoms. The summed E-state index contributed by atoms with van der Waals surface area (Å²) >= 11 is 5.99. The number of aromatic nitrogens is 2. The average Bonchev–Trinajstić information content (AvgIpc) is 3.10. The van der Waals surface area contributed by atoms with Crippen molar-refractivity contribution in [3.63, 3.8) is 0 Å². The van der Waals surface area contributed by atoms with Crippen LogP contribution in [0.3, 0.4) is 0 Å². The molecule has 0 aliphatic carbocycles. The number of hydrogen-bond donors (Lipinski definition) is 1. The second-order valence-corrected chi connectivity index (χ2v) is 7.24. The van der Waals surface area contributed by atoms with Crippen LogP contribution in [0.1, 0.15) is 16.8 Å². The number of rotatable bonds is 5. The Kier molecular flexibility index (Phi) is 5.18. The maximum Gasteiger partial charge on any atom is 0.138 e. The van der Waals surface area contributed by atoms with E-state index in [1.807, 2.05) is 67.6 Å². The van der Waals surface area contributed by atoms with Crippen LogP contribution in [-0.2, 0) is 6.61 Å². The van der Waals surface area contributed by atoms with Crippen molar-refractivity contribution in [2.45, 2.75) is 20.5 Å². The van der Waals surface area contributed by atoms with Crippen molar-refractivity contribution >= 4 is 11.6 Å². The molecule has 28 heavy (non-hydrogen) atoms. The Balaban J connectivity index is 1.50. The van der Waals surface area contributed by atoms with Gasteiger partial charge in [-0.1, -0.05) is 48.0 Å². The van der Waals surface area contributed by atoms with Gasteiger partial charge in [-0.3, -0.25) is 0 Å². The Morgan fingerprint density at radius 2 is 1.54 bits per heavy atom. The van der Waals surface area contributed by atoms with Gasteiger partial charge in [0.1, 0.15) is 18.2 Å². The lowest BCUT2D eigenvalue weighted by atomic mass is 10.1. The fraction of sp³-hybridized carbons (Fsp3) is 0.125. The van der Waals surface area contributed by atoms with Crippen LogP contribution in [0.2, 0.25) is 5.02 Å². The minimum atomic E-state index is 0.562. The molecule has 0 aliphatic rings. The van der Waals surface area contributed by atoms with Gasteiger partial charge in [0.05, 0.1) is 5.69 Å². The van der Waals surface area contributed by atoms with Gasteiger partial charge in [-0.05, 0) is 61.4 Å². The Morgan fingerprint density at radius 3 is 2.25 bits per heavy atom. The first-order chi connectivity index (χ1) is 13.6. The molecular weight excluding hydrogens is 368 g/mol. The zero-order valence-corrected chi connectivity index (χ0v) is 16.6. The van der Waals surface area contributed by atoms with Gasteiger partial charge in [0.2, 0.25) is 0 Å². The molecule has 0 unspecified atom stereocenters. The van der Waals surface area contributed by atoms with Crippen LogP contribution < -0.4 is 4.74 Å². The van der Waals surface area contributed by atoms with Gasteiger partial charge in [-0.25, -0.2) is 4.98 Å². The standard InChI is InChI=1S/C24H21ClN2O/c1-16-5-3-4-6-20(16)15-28-22-13-9-19(10-14-22)24-26-17(2)23(27-24)18-7-11-21(25)12-8-18/h3-14H,15H2,1-2H3,(H,26,27). The lowest BCUT2D eigenvalue weighted by molar-refractivity contribution is 0.305. The zero-order chi connectivity index (χ0) is 19.5. The third kappa shape index (κ3) is 3.95. The number of H-pyrrole nitrogens is 1. The highest BCUT2D eigenvalue weighted by Gasteiger charge is 2.11.